The first kappa shape index (κ1) is 20.9. The number of hydrogen-bond acceptors (Lipinski definition) is 6. The second-order valence-corrected chi connectivity index (χ2v) is 7.55. The molecule has 2 heterocycles. The van der Waals surface area contributed by atoms with Crippen LogP contribution in [0, 0.1) is 0 Å². The summed E-state index contributed by atoms with van der Waals surface area (Å²) in [6, 6.07) is 12.6. The van der Waals surface area contributed by atoms with Crippen molar-refractivity contribution < 1.29 is 24.1 Å². The van der Waals surface area contributed by atoms with Crippen LogP contribution in [0.1, 0.15) is 30.0 Å². The van der Waals surface area contributed by atoms with E-state index in [4.69, 9.17) is 14.2 Å². The lowest BCUT2D eigenvalue weighted by Gasteiger charge is -2.33. The molecule has 3 aromatic rings. The molecule has 162 valence electrons. The zero-order valence-electron chi connectivity index (χ0n) is 17.9. The molecule has 2 aromatic carbocycles. The lowest BCUT2D eigenvalue weighted by Crippen LogP contribution is -2.39. The SMILES string of the molecule is COc1cc(OC)c(C(c2cnc3ccccc3c2)N2CCCC2C(=O)O)cc1OC. The predicted octanol–water partition coefficient (Wildman–Crippen LogP) is 3.90. The maximum absolute atomic E-state index is 12.0. The molecule has 31 heavy (non-hydrogen) atoms. The van der Waals surface area contributed by atoms with Crippen LogP contribution in [0.4, 0.5) is 0 Å². The molecule has 4 rings (SSSR count). The summed E-state index contributed by atoms with van der Waals surface area (Å²) in [6.45, 7) is 0.659. The molecule has 0 radical (unpaired) electrons. The average molecular weight is 422 g/mol. The molecule has 1 saturated heterocycles. The van der Waals surface area contributed by atoms with Crippen molar-refractivity contribution in [1.29, 1.82) is 0 Å². The van der Waals surface area contributed by atoms with E-state index in [1.54, 1.807) is 27.4 Å². The van der Waals surface area contributed by atoms with E-state index in [1.807, 2.05) is 41.4 Å². The van der Waals surface area contributed by atoms with Crippen LogP contribution in [-0.4, -0.2) is 54.9 Å². The summed E-state index contributed by atoms with van der Waals surface area (Å²) < 4.78 is 16.7. The van der Waals surface area contributed by atoms with Gasteiger partial charge in [-0.05, 0) is 36.6 Å². The highest BCUT2D eigenvalue weighted by Crippen LogP contribution is 2.44. The fraction of sp³-hybridized carbons (Fsp3) is 0.333. The molecular weight excluding hydrogens is 396 g/mol. The number of nitrogens with zero attached hydrogens (tertiary/aromatic N) is 2. The topological polar surface area (TPSA) is 81.1 Å². The Bertz CT molecular complexity index is 1100. The normalized spacial score (nSPS) is 17.5. The van der Waals surface area contributed by atoms with E-state index in [0.717, 1.165) is 28.5 Å². The number of carboxylic acid groups (broad SMARTS) is 1. The van der Waals surface area contributed by atoms with Gasteiger partial charge in [0.25, 0.3) is 0 Å². The second-order valence-electron chi connectivity index (χ2n) is 7.55. The van der Waals surface area contributed by atoms with E-state index in [9.17, 15) is 9.90 Å². The Morgan fingerprint density at radius 2 is 1.77 bits per heavy atom. The minimum absolute atomic E-state index is 0.365. The molecule has 0 aliphatic carbocycles. The van der Waals surface area contributed by atoms with Crippen molar-refractivity contribution in [2.45, 2.75) is 24.9 Å². The van der Waals surface area contributed by atoms with E-state index >= 15 is 0 Å². The number of ether oxygens (including phenoxy) is 3. The highest BCUT2D eigenvalue weighted by Gasteiger charge is 2.38. The summed E-state index contributed by atoms with van der Waals surface area (Å²) in [5, 5.41) is 10.9. The standard InChI is InChI=1S/C24H26N2O5/c1-29-20-13-22(31-3)21(30-2)12-17(20)23(26-10-6-9-19(26)24(27)28)16-11-15-7-4-5-8-18(15)25-14-16/h4-5,7-8,11-14,19,23H,6,9-10H2,1-3H3,(H,27,28). The number of fused-ring (bicyclic) bond motifs is 1. The lowest BCUT2D eigenvalue weighted by atomic mass is 9.95. The molecule has 1 aromatic heterocycles. The summed E-state index contributed by atoms with van der Waals surface area (Å²) in [4.78, 5) is 18.7. The van der Waals surface area contributed by atoms with Crippen molar-refractivity contribution in [1.82, 2.24) is 9.88 Å². The summed E-state index contributed by atoms with van der Waals surface area (Å²) in [5.41, 5.74) is 2.60. The van der Waals surface area contributed by atoms with Gasteiger partial charge in [0.1, 0.15) is 11.8 Å². The van der Waals surface area contributed by atoms with Crippen LogP contribution in [0.25, 0.3) is 10.9 Å². The van der Waals surface area contributed by atoms with Gasteiger partial charge in [-0.2, -0.15) is 0 Å². The third kappa shape index (κ3) is 3.88. The number of aromatic nitrogens is 1. The fourth-order valence-corrected chi connectivity index (χ4v) is 4.42. The van der Waals surface area contributed by atoms with Crippen molar-refractivity contribution in [3.05, 3.63) is 59.8 Å². The molecule has 2 atom stereocenters. The molecule has 7 nitrogen and oxygen atoms in total. The Balaban J connectivity index is 1.93. The van der Waals surface area contributed by atoms with Gasteiger partial charge in [0.05, 0.1) is 32.9 Å². The lowest BCUT2D eigenvalue weighted by molar-refractivity contribution is -0.142. The van der Waals surface area contributed by atoms with Crippen LogP contribution in [0.3, 0.4) is 0 Å². The van der Waals surface area contributed by atoms with Gasteiger partial charge >= 0.3 is 5.97 Å². The van der Waals surface area contributed by atoms with Gasteiger partial charge < -0.3 is 19.3 Å². The Labute approximate surface area is 181 Å². The number of methoxy groups -OCH3 is 3. The fourth-order valence-electron chi connectivity index (χ4n) is 4.42. The highest BCUT2D eigenvalue weighted by atomic mass is 16.5. The molecule has 0 spiro atoms. The molecule has 7 heteroatoms. The van der Waals surface area contributed by atoms with Gasteiger partial charge in [-0.3, -0.25) is 14.7 Å². The van der Waals surface area contributed by atoms with Crippen molar-refractivity contribution in [3.63, 3.8) is 0 Å². The number of hydrogen-bond donors (Lipinski definition) is 1. The van der Waals surface area contributed by atoms with Crippen LogP contribution >= 0.6 is 0 Å². The van der Waals surface area contributed by atoms with E-state index in [-0.39, 0.29) is 6.04 Å². The zero-order chi connectivity index (χ0) is 22.0. The van der Waals surface area contributed by atoms with Gasteiger partial charge in [-0.25, -0.2) is 0 Å². The largest absolute Gasteiger partial charge is 0.496 e. The number of rotatable bonds is 7. The van der Waals surface area contributed by atoms with Gasteiger partial charge in [0, 0.05) is 29.8 Å². The quantitative estimate of drug-likeness (QED) is 0.618. The molecule has 0 amide bonds. The number of carboxylic acids is 1. The summed E-state index contributed by atoms with van der Waals surface area (Å²) in [7, 11) is 4.75. The van der Waals surface area contributed by atoms with E-state index in [2.05, 4.69) is 11.1 Å². The second kappa shape index (κ2) is 8.81. The van der Waals surface area contributed by atoms with Crippen molar-refractivity contribution in [3.8, 4) is 17.2 Å². The Kier molecular flexibility index (Phi) is 5.95. The molecule has 1 N–H and O–H groups in total. The zero-order valence-corrected chi connectivity index (χ0v) is 17.9. The molecule has 1 fully saturated rings. The number of carbonyl (C=O) groups is 1. The van der Waals surface area contributed by atoms with Crippen molar-refractivity contribution in [2.24, 2.45) is 0 Å². The van der Waals surface area contributed by atoms with E-state index in [1.165, 1.54) is 0 Å². The van der Waals surface area contributed by atoms with Crippen molar-refractivity contribution in [2.75, 3.05) is 27.9 Å². The summed E-state index contributed by atoms with van der Waals surface area (Å²) in [6.07, 6.45) is 3.23. The van der Waals surface area contributed by atoms with Crippen LogP contribution < -0.4 is 14.2 Å². The number of pyridine rings is 1. The highest BCUT2D eigenvalue weighted by molar-refractivity contribution is 5.79. The third-order valence-corrected chi connectivity index (χ3v) is 5.87. The van der Waals surface area contributed by atoms with Crippen molar-refractivity contribution >= 4 is 16.9 Å². The first-order valence-electron chi connectivity index (χ1n) is 10.2. The van der Waals surface area contributed by atoms with Gasteiger partial charge in [-0.15, -0.1) is 0 Å². The van der Waals surface area contributed by atoms with Crippen LogP contribution in [0.2, 0.25) is 0 Å². The van der Waals surface area contributed by atoms with Gasteiger partial charge in [0.2, 0.25) is 0 Å². The number of aliphatic carboxylic acids is 1. The van der Waals surface area contributed by atoms with Crippen LogP contribution in [0.5, 0.6) is 17.2 Å². The van der Waals surface area contributed by atoms with Crippen LogP contribution in [0.15, 0.2) is 48.7 Å². The maximum Gasteiger partial charge on any atom is 0.320 e. The molecular formula is C24H26N2O5. The molecule has 2 unspecified atom stereocenters. The minimum Gasteiger partial charge on any atom is -0.496 e. The molecule has 0 bridgehead atoms. The third-order valence-electron chi connectivity index (χ3n) is 5.87. The average Bonchev–Trinajstić information content (AvgIpc) is 3.28. The Hall–Kier alpha value is -3.32. The maximum atomic E-state index is 12.0. The smallest absolute Gasteiger partial charge is 0.320 e. The Morgan fingerprint density at radius 1 is 1.06 bits per heavy atom. The summed E-state index contributed by atoms with van der Waals surface area (Å²) >= 11 is 0. The molecule has 0 saturated carbocycles. The molecule has 1 aliphatic rings. The molecule has 1 aliphatic heterocycles. The minimum atomic E-state index is -0.823. The van der Waals surface area contributed by atoms with Gasteiger partial charge in [0.15, 0.2) is 11.5 Å². The number of benzene rings is 2. The van der Waals surface area contributed by atoms with E-state index < -0.39 is 12.0 Å². The summed E-state index contributed by atoms with van der Waals surface area (Å²) in [5.74, 6) is 0.889. The van der Waals surface area contributed by atoms with Gasteiger partial charge in [-0.1, -0.05) is 18.2 Å². The monoisotopic (exact) mass is 422 g/mol. The predicted molar refractivity (Wildman–Crippen MR) is 117 cm³/mol. The van der Waals surface area contributed by atoms with Crippen LogP contribution in [-0.2, 0) is 4.79 Å². The van der Waals surface area contributed by atoms with E-state index in [0.29, 0.717) is 30.2 Å². The number of likely N-dealkylation sites (tertiary alicyclic amines) is 1. The first-order valence-corrected chi connectivity index (χ1v) is 10.2. The Morgan fingerprint density at radius 3 is 2.48 bits per heavy atom. The number of para-hydroxylation sites is 1. The first-order chi connectivity index (χ1) is 15.1.